The molecule has 1 aliphatic heterocycles. The number of hydrogen-bond donors (Lipinski definition) is 3. The van der Waals surface area contributed by atoms with Crippen molar-refractivity contribution in [2.75, 3.05) is 53.2 Å². The third-order valence-electron chi connectivity index (χ3n) is 5.83. The van der Waals surface area contributed by atoms with E-state index in [-0.39, 0.29) is 5.82 Å². The van der Waals surface area contributed by atoms with Crippen molar-refractivity contribution in [3.63, 3.8) is 0 Å². The minimum absolute atomic E-state index is 0.256. The molecular formula is C26H28FN9OS. The SMILES string of the molecule is C[C@H](O)CNc1ccc(Nc2ncnc(N3CCN(c4ncc(Sc5ccccc5F)cn4)CC3)n2)cc1. The average molecular weight is 534 g/mol. The van der Waals surface area contributed by atoms with Crippen molar-refractivity contribution in [3.05, 3.63) is 73.1 Å². The highest BCUT2D eigenvalue weighted by molar-refractivity contribution is 7.99. The second-order valence-corrected chi connectivity index (χ2v) is 9.88. The van der Waals surface area contributed by atoms with E-state index >= 15 is 0 Å². The van der Waals surface area contributed by atoms with Gasteiger partial charge in [-0.25, -0.2) is 24.3 Å². The summed E-state index contributed by atoms with van der Waals surface area (Å²) in [6.45, 7) is 5.08. The number of aliphatic hydroxyl groups is 1. The largest absolute Gasteiger partial charge is 0.392 e. The van der Waals surface area contributed by atoms with Crippen molar-refractivity contribution >= 4 is 41.0 Å². The third kappa shape index (κ3) is 6.64. The van der Waals surface area contributed by atoms with Gasteiger partial charge < -0.3 is 25.5 Å². The zero-order chi connectivity index (χ0) is 26.3. The molecule has 2 aromatic carbocycles. The van der Waals surface area contributed by atoms with Crippen LogP contribution in [-0.4, -0.2) is 68.9 Å². The number of aliphatic hydroxyl groups excluding tert-OH is 1. The van der Waals surface area contributed by atoms with Crippen LogP contribution in [0.15, 0.2) is 77.0 Å². The van der Waals surface area contributed by atoms with Crippen LogP contribution in [-0.2, 0) is 0 Å². The molecule has 196 valence electrons. The van der Waals surface area contributed by atoms with Crippen molar-refractivity contribution in [2.45, 2.75) is 22.8 Å². The van der Waals surface area contributed by atoms with E-state index < -0.39 is 6.10 Å². The molecular weight excluding hydrogens is 505 g/mol. The molecule has 0 radical (unpaired) electrons. The minimum Gasteiger partial charge on any atom is -0.392 e. The molecule has 1 aliphatic rings. The van der Waals surface area contributed by atoms with E-state index in [0.717, 1.165) is 29.4 Å². The van der Waals surface area contributed by atoms with Crippen molar-refractivity contribution in [1.82, 2.24) is 24.9 Å². The summed E-state index contributed by atoms with van der Waals surface area (Å²) < 4.78 is 13.9. The predicted octanol–water partition coefficient (Wildman–Crippen LogP) is 3.81. The molecule has 3 heterocycles. The Bertz CT molecular complexity index is 1330. The van der Waals surface area contributed by atoms with Gasteiger partial charge in [-0.15, -0.1) is 0 Å². The molecule has 2 aromatic heterocycles. The Morgan fingerprint density at radius 1 is 0.895 bits per heavy atom. The Kier molecular flexibility index (Phi) is 8.09. The molecule has 38 heavy (non-hydrogen) atoms. The second-order valence-electron chi connectivity index (χ2n) is 8.77. The lowest BCUT2D eigenvalue weighted by Crippen LogP contribution is -2.47. The van der Waals surface area contributed by atoms with Gasteiger partial charge in [0, 0.05) is 66.3 Å². The maximum atomic E-state index is 13.9. The van der Waals surface area contributed by atoms with E-state index in [1.54, 1.807) is 31.5 Å². The standard InChI is InChI=1S/C26H28FN9OS/c1-18(37)14-28-19-6-8-20(9-7-19)33-24-31-17-32-26(34-24)36-12-10-35(11-13-36)25-29-15-21(16-30-25)38-23-5-3-2-4-22(23)27/h2-9,15-18,28,37H,10-14H2,1H3,(H,31,32,33,34)/t18-/m0/s1. The number of anilines is 5. The Balaban J connectivity index is 1.15. The molecule has 3 N–H and O–H groups in total. The van der Waals surface area contributed by atoms with E-state index in [0.29, 0.717) is 42.4 Å². The van der Waals surface area contributed by atoms with Crippen LogP contribution in [0.3, 0.4) is 0 Å². The molecule has 0 spiro atoms. The maximum Gasteiger partial charge on any atom is 0.231 e. The Morgan fingerprint density at radius 3 is 2.24 bits per heavy atom. The normalized spacial score (nSPS) is 14.3. The Morgan fingerprint density at radius 2 is 1.55 bits per heavy atom. The summed E-state index contributed by atoms with van der Waals surface area (Å²) in [5.74, 6) is 1.46. The quantitative estimate of drug-likeness (QED) is 0.292. The number of rotatable bonds is 9. The summed E-state index contributed by atoms with van der Waals surface area (Å²) in [5, 5.41) is 15.8. The molecule has 0 aliphatic carbocycles. The van der Waals surface area contributed by atoms with Gasteiger partial charge in [0.2, 0.25) is 17.8 Å². The molecule has 1 atom stereocenters. The Hall–Kier alpha value is -4.03. The minimum atomic E-state index is -0.414. The third-order valence-corrected chi connectivity index (χ3v) is 6.82. The first-order chi connectivity index (χ1) is 18.5. The highest BCUT2D eigenvalue weighted by atomic mass is 32.2. The van der Waals surface area contributed by atoms with Gasteiger partial charge in [-0.2, -0.15) is 4.98 Å². The molecule has 1 fully saturated rings. The number of nitrogens with one attached hydrogen (secondary N) is 2. The van der Waals surface area contributed by atoms with Crippen LogP contribution in [0.1, 0.15) is 6.92 Å². The number of aromatic nitrogens is 5. The van der Waals surface area contributed by atoms with Gasteiger partial charge in [-0.3, -0.25) is 0 Å². The van der Waals surface area contributed by atoms with Crippen LogP contribution in [0.2, 0.25) is 0 Å². The van der Waals surface area contributed by atoms with Crippen LogP contribution in [0.25, 0.3) is 0 Å². The summed E-state index contributed by atoms with van der Waals surface area (Å²) in [7, 11) is 0. The average Bonchev–Trinajstić information content (AvgIpc) is 2.95. The number of nitrogens with zero attached hydrogens (tertiary/aromatic N) is 7. The van der Waals surface area contributed by atoms with Crippen molar-refractivity contribution < 1.29 is 9.50 Å². The van der Waals surface area contributed by atoms with E-state index in [1.165, 1.54) is 24.2 Å². The van der Waals surface area contributed by atoms with Crippen LogP contribution in [0, 0.1) is 5.82 Å². The lowest BCUT2D eigenvalue weighted by molar-refractivity contribution is 0.208. The summed E-state index contributed by atoms with van der Waals surface area (Å²) in [5.41, 5.74) is 1.77. The molecule has 4 aromatic rings. The summed E-state index contributed by atoms with van der Waals surface area (Å²) in [4.78, 5) is 27.8. The Labute approximate surface area is 224 Å². The van der Waals surface area contributed by atoms with E-state index in [1.807, 2.05) is 30.3 Å². The van der Waals surface area contributed by atoms with Crippen LogP contribution in [0.4, 0.5) is 33.6 Å². The number of hydrogen-bond acceptors (Lipinski definition) is 11. The predicted molar refractivity (Wildman–Crippen MR) is 147 cm³/mol. The zero-order valence-corrected chi connectivity index (χ0v) is 21.6. The summed E-state index contributed by atoms with van der Waals surface area (Å²) in [6, 6.07) is 14.4. The second kappa shape index (κ2) is 12.0. The molecule has 10 nitrogen and oxygen atoms in total. The van der Waals surface area contributed by atoms with Gasteiger partial charge in [-0.1, -0.05) is 23.9 Å². The first-order valence-corrected chi connectivity index (χ1v) is 13.1. The first-order valence-electron chi connectivity index (χ1n) is 12.3. The highest BCUT2D eigenvalue weighted by Crippen LogP contribution is 2.29. The van der Waals surface area contributed by atoms with Crippen molar-refractivity contribution in [1.29, 1.82) is 0 Å². The maximum absolute atomic E-state index is 13.9. The van der Waals surface area contributed by atoms with Crippen LogP contribution in [0.5, 0.6) is 0 Å². The molecule has 12 heteroatoms. The first kappa shape index (κ1) is 25.6. The molecule has 0 unspecified atom stereocenters. The lowest BCUT2D eigenvalue weighted by atomic mass is 10.2. The van der Waals surface area contributed by atoms with Gasteiger partial charge >= 0.3 is 0 Å². The fourth-order valence-corrected chi connectivity index (χ4v) is 4.63. The topological polar surface area (TPSA) is 115 Å². The molecule has 0 bridgehead atoms. The monoisotopic (exact) mass is 533 g/mol. The zero-order valence-electron chi connectivity index (χ0n) is 20.8. The lowest BCUT2D eigenvalue weighted by Gasteiger charge is -2.34. The summed E-state index contributed by atoms with van der Waals surface area (Å²) >= 11 is 1.31. The highest BCUT2D eigenvalue weighted by Gasteiger charge is 2.21. The van der Waals surface area contributed by atoms with Crippen LogP contribution < -0.4 is 20.4 Å². The fourth-order valence-electron chi connectivity index (χ4n) is 3.85. The summed E-state index contributed by atoms with van der Waals surface area (Å²) in [6.07, 6.45) is 4.55. The molecule has 0 saturated carbocycles. The van der Waals surface area contributed by atoms with Gasteiger partial charge in [0.1, 0.15) is 12.1 Å². The smallest absolute Gasteiger partial charge is 0.231 e. The van der Waals surface area contributed by atoms with Gasteiger partial charge in [0.15, 0.2) is 0 Å². The molecule has 1 saturated heterocycles. The molecule has 5 rings (SSSR count). The van der Waals surface area contributed by atoms with Gasteiger partial charge in [0.25, 0.3) is 0 Å². The number of piperazine rings is 1. The van der Waals surface area contributed by atoms with Crippen molar-refractivity contribution in [2.24, 2.45) is 0 Å². The molecule has 0 amide bonds. The van der Waals surface area contributed by atoms with Crippen molar-refractivity contribution in [3.8, 4) is 0 Å². The van der Waals surface area contributed by atoms with Crippen LogP contribution >= 0.6 is 11.8 Å². The number of halogens is 1. The fraction of sp³-hybridized carbons (Fsp3) is 0.269. The van der Waals surface area contributed by atoms with E-state index in [2.05, 4.69) is 45.4 Å². The van der Waals surface area contributed by atoms with Gasteiger partial charge in [-0.05, 0) is 43.3 Å². The van der Waals surface area contributed by atoms with Gasteiger partial charge in [0.05, 0.1) is 6.10 Å². The van der Waals surface area contributed by atoms with E-state index in [4.69, 9.17) is 0 Å². The van der Waals surface area contributed by atoms with E-state index in [9.17, 15) is 9.50 Å². The number of benzene rings is 2.